The summed E-state index contributed by atoms with van der Waals surface area (Å²) in [5.74, 6) is -2.52. The van der Waals surface area contributed by atoms with Crippen molar-refractivity contribution in [3.63, 3.8) is 0 Å². The number of piperazine rings is 1. The molecule has 1 saturated heterocycles. The number of carbonyl (C=O) groups excluding carboxylic acids is 6. The van der Waals surface area contributed by atoms with Gasteiger partial charge in [0.15, 0.2) is 0 Å². The first-order chi connectivity index (χ1) is 32.5. The zero-order chi connectivity index (χ0) is 47.8. The van der Waals surface area contributed by atoms with Crippen LogP contribution in [0.15, 0.2) is 121 Å². The van der Waals surface area contributed by atoms with Crippen molar-refractivity contribution in [1.29, 1.82) is 0 Å². The summed E-state index contributed by atoms with van der Waals surface area (Å²) in [5.41, 5.74) is 9.80. The Hall–Kier alpha value is -6.50. The summed E-state index contributed by atoms with van der Waals surface area (Å²) in [7, 11) is 0. The Kier molecular flexibility index (Phi) is 21.4. The number of amides is 6. The van der Waals surface area contributed by atoms with Crippen molar-refractivity contribution in [2.24, 2.45) is 5.73 Å². The molecule has 358 valence electrons. The Labute approximate surface area is 392 Å². The van der Waals surface area contributed by atoms with E-state index in [0.29, 0.717) is 12.8 Å². The molecule has 5 rings (SSSR count). The van der Waals surface area contributed by atoms with Crippen LogP contribution in [0.25, 0.3) is 0 Å². The minimum absolute atomic E-state index is 0.000416. The van der Waals surface area contributed by atoms with Crippen molar-refractivity contribution in [2.75, 3.05) is 26.2 Å². The summed E-state index contributed by atoms with van der Waals surface area (Å²) in [4.78, 5) is 96.5. The number of benzene rings is 4. The van der Waals surface area contributed by atoms with Crippen LogP contribution in [-0.2, 0) is 74.4 Å². The van der Waals surface area contributed by atoms with Crippen LogP contribution in [0.2, 0.25) is 0 Å². The lowest BCUT2D eigenvalue weighted by molar-refractivity contribution is -0.196. The lowest BCUT2D eigenvalue weighted by Crippen LogP contribution is -2.61. The largest absolute Gasteiger partial charge is 0.374 e. The summed E-state index contributed by atoms with van der Waals surface area (Å²) >= 11 is 0. The third-order valence-corrected chi connectivity index (χ3v) is 10.8. The SMILES string of the molecule is CC(=O)N(CCC[C@@H]1NC(=O)[C@H](CCCN(OCc2ccccc2)C(=O)[C@H](COCc2ccccc2)NC(=O)[C@@H](N)CCCN(OCc2ccccc2)C(C)=O)NC1=O)OCc1ccccc1. The van der Waals surface area contributed by atoms with Gasteiger partial charge in [0.25, 0.3) is 5.91 Å². The lowest BCUT2D eigenvalue weighted by Gasteiger charge is -2.31. The fourth-order valence-corrected chi connectivity index (χ4v) is 7.09. The Morgan fingerprint density at radius 2 is 0.940 bits per heavy atom. The number of nitrogens with two attached hydrogens (primary N) is 1. The van der Waals surface area contributed by atoms with E-state index in [1.165, 1.54) is 24.0 Å². The highest BCUT2D eigenvalue weighted by Gasteiger charge is 2.34. The summed E-state index contributed by atoms with van der Waals surface area (Å²) in [5, 5.41) is 12.0. The van der Waals surface area contributed by atoms with Crippen LogP contribution in [-0.4, -0.2) is 101 Å². The molecule has 4 aromatic carbocycles. The Morgan fingerprint density at radius 3 is 1.36 bits per heavy atom. The molecule has 0 unspecified atom stereocenters. The fraction of sp³-hybridized carbons (Fsp3) is 0.400. The van der Waals surface area contributed by atoms with Crippen molar-refractivity contribution in [3.8, 4) is 0 Å². The molecule has 0 radical (unpaired) electrons. The summed E-state index contributed by atoms with van der Waals surface area (Å²) in [6.45, 7) is 3.60. The average Bonchev–Trinajstić information content (AvgIpc) is 3.33. The van der Waals surface area contributed by atoms with Crippen LogP contribution in [0, 0.1) is 0 Å². The highest BCUT2D eigenvalue weighted by atomic mass is 16.7. The second-order valence-electron chi connectivity index (χ2n) is 16.2. The van der Waals surface area contributed by atoms with Crippen molar-refractivity contribution >= 4 is 35.4 Å². The minimum atomic E-state index is -1.22. The molecule has 0 aromatic heterocycles. The van der Waals surface area contributed by atoms with Gasteiger partial charge in [0, 0.05) is 33.5 Å². The van der Waals surface area contributed by atoms with Crippen LogP contribution in [0.4, 0.5) is 0 Å². The molecule has 67 heavy (non-hydrogen) atoms. The van der Waals surface area contributed by atoms with Gasteiger partial charge in [-0.3, -0.25) is 43.3 Å². The molecular formula is C50H63N7O10. The van der Waals surface area contributed by atoms with Gasteiger partial charge in [0.05, 0.1) is 19.3 Å². The lowest BCUT2D eigenvalue weighted by atomic mass is 10.0. The van der Waals surface area contributed by atoms with Crippen molar-refractivity contribution in [1.82, 2.24) is 31.1 Å². The maximum atomic E-state index is 14.4. The van der Waals surface area contributed by atoms with E-state index in [0.717, 1.165) is 27.3 Å². The van der Waals surface area contributed by atoms with Crippen LogP contribution >= 0.6 is 0 Å². The van der Waals surface area contributed by atoms with Gasteiger partial charge in [-0.25, -0.2) is 15.2 Å². The molecule has 17 nitrogen and oxygen atoms in total. The van der Waals surface area contributed by atoms with Gasteiger partial charge in [-0.15, -0.1) is 0 Å². The number of rotatable bonds is 28. The van der Waals surface area contributed by atoms with E-state index in [1.54, 1.807) is 0 Å². The third kappa shape index (κ3) is 18.0. The molecule has 0 spiro atoms. The maximum Gasteiger partial charge on any atom is 0.271 e. The quantitative estimate of drug-likeness (QED) is 0.0592. The molecule has 1 fully saturated rings. The van der Waals surface area contributed by atoms with E-state index in [1.807, 2.05) is 121 Å². The molecule has 0 aliphatic carbocycles. The minimum Gasteiger partial charge on any atom is -0.374 e. The van der Waals surface area contributed by atoms with E-state index in [2.05, 4.69) is 16.0 Å². The first-order valence-corrected chi connectivity index (χ1v) is 22.6. The molecule has 4 aromatic rings. The molecule has 0 saturated carbocycles. The van der Waals surface area contributed by atoms with E-state index in [9.17, 15) is 28.8 Å². The zero-order valence-electron chi connectivity index (χ0n) is 38.3. The second kappa shape index (κ2) is 27.9. The predicted molar refractivity (Wildman–Crippen MR) is 248 cm³/mol. The number of nitrogens with zero attached hydrogens (tertiary/aromatic N) is 3. The van der Waals surface area contributed by atoms with E-state index in [4.69, 9.17) is 25.0 Å². The average molecular weight is 922 g/mol. The summed E-state index contributed by atoms with van der Waals surface area (Å²) < 4.78 is 5.97. The van der Waals surface area contributed by atoms with Gasteiger partial charge in [-0.05, 0) is 60.8 Å². The normalized spacial score (nSPS) is 15.4. The maximum absolute atomic E-state index is 14.4. The Bertz CT molecular complexity index is 2150. The van der Waals surface area contributed by atoms with Crippen molar-refractivity contribution < 1.29 is 48.0 Å². The number of carbonyl (C=O) groups is 6. The summed E-state index contributed by atoms with van der Waals surface area (Å²) in [6, 6.07) is 33.5. The summed E-state index contributed by atoms with van der Waals surface area (Å²) in [6.07, 6.45) is 1.61. The highest BCUT2D eigenvalue weighted by Crippen LogP contribution is 2.14. The van der Waals surface area contributed by atoms with Crippen LogP contribution in [0.1, 0.15) is 74.6 Å². The first kappa shape index (κ1) is 51.5. The monoisotopic (exact) mass is 921 g/mol. The van der Waals surface area contributed by atoms with Gasteiger partial charge in [-0.2, -0.15) is 0 Å². The number of nitrogens with one attached hydrogen (secondary N) is 3. The topological polar surface area (TPSA) is 211 Å². The predicted octanol–water partition coefficient (Wildman–Crippen LogP) is 4.26. The van der Waals surface area contributed by atoms with Gasteiger partial charge >= 0.3 is 0 Å². The molecule has 6 amide bonds. The Morgan fingerprint density at radius 1 is 0.567 bits per heavy atom. The van der Waals surface area contributed by atoms with Gasteiger partial charge in [0.1, 0.15) is 37.9 Å². The Balaban J connectivity index is 1.17. The standard InChI is InChI=1S/C50H63N7O10/c1-37(58)55(65-33-40-20-9-4-10-21-40)29-15-26-43(51)47(60)54-46(36-64-32-39-18-7-3-8-19-39)50(63)57(67-35-42-24-13-6-14-25-42)31-17-28-45-49(62)52-44(48(61)53-45)27-16-30-56(38(2)59)66-34-41-22-11-5-12-23-41/h3-14,18-25,43-46H,15-17,26-36,51H2,1-2H3,(H,52,62)(H,53,61)(H,54,60)/t43-,44-,45-,46-/m0/s1. The van der Waals surface area contributed by atoms with Gasteiger partial charge < -0.3 is 26.4 Å². The van der Waals surface area contributed by atoms with E-state index in [-0.39, 0.29) is 102 Å². The molecule has 17 heteroatoms. The second-order valence-corrected chi connectivity index (χ2v) is 16.2. The molecule has 1 aliphatic rings. The van der Waals surface area contributed by atoms with Crippen LogP contribution < -0.4 is 21.7 Å². The van der Waals surface area contributed by atoms with Crippen molar-refractivity contribution in [2.45, 2.75) is 103 Å². The highest BCUT2D eigenvalue weighted by molar-refractivity contribution is 5.97. The molecular weight excluding hydrogens is 859 g/mol. The number of hydrogen-bond acceptors (Lipinski definition) is 11. The molecule has 5 N–H and O–H groups in total. The van der Waals surface area contributed by atoms with Crippen molar-refractivity contribution in [3.05, 3.63) is 144 Å². The van der Waals surface area contributed by atoms with Gasteiger partial charge in [0.2, 0.25) is 29.5 Å². The molecule has 1 heterocycles. The number of hydrogen-bond donors (Lipinski definition) is 4. The van der Waals surface area contributed by atoms with E-state index >= 15 is 0 Å². The first-order valence-electron chi connectivity index (χ1n) is 22.6. The van der Waals surface area contributed by atoms with Crippen LogP contribution in [0.3, 0.4) is 0 Å². The number of ether oxygens (including phenoxy) is 1. The molecule has 4 atom stereocenters. The molecule has 1 aliphatic heterocycles. The molecule has 0 bridgehead atoms. The van der Waals surface area contributed by atoms with E-state index < -0.39 is 36.0 Å². The fourth-order valence-electron chi connectivity index (χ4n) is 7.09. The number of hydroxylamine groups is 6. The third-order valence-electron chi connectivity index (χ3n) is 10.8. The van der Waals surface area contributed by atoms with Gasteiger partial charge in [-0.1, -0.05) is 121 Å². The zero-order valence-corrected chi connectivity index (χ0v) is 38.3. The van der Waals surface area contributed by atoms with Crippen LogP contribution in [0.5, 0.6) is 0 Å². The smallest absolute Gasteiger partial charge is 0.271 e.